The molecule has 1 heterocycles. The molecule has 1 aliphatic heterocycles. The highest BCUT2D eigenvalue weighted by Crippen LogP contribution is 2.25. The van der Waals surface area contributed by atoms with Gasteiger partial charge >= 0.3 is 0 Å². The van der Waals surface area contributed by atoms with Gasteiger partial charge in [0.05, 0.1) is 6.07 Å². The first kappa shape index (κ1) is 13.1. The quantitative estimate of drug-likeness (QED) is 0.882. The SMILES string of the molecule is CCC1CCCN1CC(N)(C#N)c1ccccc1. The molecule has 0 spiro atoms. The van der Waals surface area contributed by atoms with Gasteiger partial charge in [0.2, 0.25) is 0 Å². The molecule has 96 valence electrons. The third-order valence-electron chi connectivity index (χ3n) is 3.91. The molecule has 0 aliphatic carbocycles. The highest BCUT2D eigenvalue weighted by Gasteiger charge is 2.34. The Morgan fingerprint density at radius 2 is 2.17 bits per heavy atom. The van der Waals surface area contributed by atoms with Gasteiger partial charge in [-0.05, 0) is 31.4 Å². The van der Waals surface area contributed by atoms with Gasteiger partial charge in [-0.25, -0.2) is 0 Å². The number of rotatable bonds is 4. The van der Waals surface area contributed by atoms with E-state index in [2.05, 4.69) is 17.9 Å². The largest absolute Gasteiger partial charge is 0.309 e. The van der Waals surface area contributed by atoms with Gasteiger partial charge < -0.3 is 5.73 Å². The maximum atomic E-state index is 9.46. The molecule has 0 aromatic heterocycles. The number of hydrogen-bond donors (Lipinski definition) is 1. The highest BCUT2D eigenvalue weighted by atomic mass is 15.2. The number of benzene rings is 1. The van der Waals surface area contributed by atoms with Crippen molar-refractivity contribution in [3.05, 3.63) is 35.9 Å². The number of nitriles is 1. The van der Waals surface area contributed by atoms with E-state index in [1.54, 1.807) is 0 Å². The van der Waals surface area contributed by atoms with Crippen molar-refractivity contribution >= 4 is 0 Å². The molecule has 2 rings (SSSR count). The van der Waals surface area contributed by atoms with E-state index in [4.69, 9.17) is 5.73 Å². The van der Waals surface area contributed by atoms with Gasteiger partial charge in [0.25, 0.3) is 0 Å². The molecule has 3 heteroatoms. The summed E-state index contributed by atoms with van der Waals surface area (Å²) in [6.07, 6.45) is 3.58. The van der Waals surface area contributed by atoms with E-state index in [0.717, 1.165) is 18.5 Å². The second kappa shape index (κ2) is 5.51. The fourth-order valence-electron chi connectivity index (χ4n) is 2.81. The summed E-state index contributed by atoms with van der Waals surface area (Å²) >= 11 is 0. The van der Waals surface area contributed by atoms with Gasteiger partial charge in [-0.2, -0.15) is 5.26 Å². The van der Waals surface area contributed by atoms with E-state index < -0.39 is 5.54 Å². The van der Waals surface area contributed by atoms with Gasteiger partial charge in [0, 0.05) is 12.6 Å². The topological polar surface area (TPSA) is 53.0 Å². The van der Waals surface area contributed by atoms with Crippen molar-refractivity contribution in [2.45, 2.75) is 37.8 Å². The molecule has 2 N–H and O–H groups in total. The van der Waals surface area contributed by atoms with E-state index in [1.807, 2.05) is 30.3 Å². The molecular formula is C15H21N3. The van der Waals surface area contributed by atoms with Gasteiger partial charge in [0.1, 0.15) is 5.54 Å². The molecule has 1 aromatic carbocycles. The summed E-state index contributed by atoms with van der Waals surface area (Å²) in [6.45, 7) is 3.90. The number of hydrogen-bond acceptors (Lipinski definition) is 3. The Balaban J connectivity index is 2.17. The lowest BCUT2D eigenvalue weighted by molar-refractivity contribution is 0.213. The minimum atomic E-state index is -0.890. The lowest BCUT2D eigenvalue weighted by atomic mass is 9.91. The van der Waals surface area contributed by atoms with Crippen molar-refractivity contribution in [3.63, 3.8) is 0 Å². The molecule has 0 bridgehead atoms. The predicted octanol–water partition coefficient (Wildman–Crippen LogP) is 2.24. The van der Waals surface area contributed by atoms with Crippen LogP contribution in [-0.2, 0) is 5.54 Å². The first-order valence-corrected chi connectivity index (χ1v) is 6.69. The van der Waals surface area contributed by atoms with Crippen LogP contribution in [0.15, 0.2) is 30.3 Å². The first-order chi connectivity index (χ1) is 8.69. The molecule has 1 fully saturated rings. The Kier molecular flexibility index (Phi) is 4.00. The van der Waals surface area contributed by atoms with Crippen LogP contribution in [0.25, 0.3) is 0 Å². The molecular weight excluding hydrogens is 222 g/mol. The third kappa shape index (κ3) is 2.55. The Morgan fingerprint density at radius 3 is 2.78 bits per heavy atom. The van der Waals surface area contributed by atoms with Crippen molar-refractivity contribution in [2.24, 2.45) is 5.73 Å². The van der Waals surface area contributed by atoms with Crippen molar-refractivity contribution in [2.75, 3.05) is 13.1 Å². The van der Waals surface area contributed by atoms with Crippen LogP contribution in [0.1, 0.15) is 31.7 Å². The summed E-state index contributed by atoms with van der Waals surface area (Å²) in [6, 6.07) is 12.6. The van der Waals surface area contributed by atoms with Crippen molar-refractivity contribution in [1.82, 2.24) is 4.90 Å². The Labute approximate surface area is 109 Å². The van der Waals surface area contributed by atoms with E-state index in [0.29, 0.717) is 12.6 Å². The van der Waals surface area contributed by atoms with Crippen LogP contribution in [0, 0.1) is 11.3 Å². The van der Waals surface area contributed by atoms with Crippen molar-refractivity contribution < 1.29 is 0 Å². The third-order valence-corrected chi connectivity index (χ3v) is 3.91. The Bertz CT molecular complexity index is 423. The van der Waals surface area contributed by atoms with Crippen LogP contribution < -0.4 is 5.73 Å². The summed E-state index contributed by atoms with van der Waals surface area (Å²) in [7, 11) is 0. The maximum Gasteiger partial charge on any atom is 0.142 e. The molecule has 1 aromatic rings. The lowest BCUT2D eigenvalue weighted by Gasteiger charge is -2.31. The normalized spacial score (nSPS) is 23.5. The average molecular weight is 243 g/mol. The second-order valence-electron chi connectivity index (χ2n) is 5.12. The van der Waals surface area contributed by atoms with Gasteiger partial charge in [0.15, 0.2) is 0 Å². The summed E-state index contributed by atoms with van der Waals surface area (Å²) in [4.78, 5) is 2.37. The second-order valence-corrected chi connectivity index (χ2v) is 5.12. The van der Waals surface area contributed by atoms with Crippen LogP contribution >= 0.6 is 0 Å². The smallest absolute Gasteiger partial charge is 0.142 e. The standard InChI is InChI=1S/C15H21N3/c1-2-14-9-6-10-18(14)12-15(17,11-16)13-7-4-3-5-8-13/h3-5,7-8,14H,2,6,9-10,12,17H2,1H3. The highest BCUT2D eigenvalue weighted by molar-refractivity contribution is 5.31. The van der Waals surface area contributed by atoms with Crippen LogP contribution in [-0.4, -0.2) is 24.0 Å². The van der Waals surface area contributed by atoms with E-state index in [-0.39, 0.29) is 0 Å². The zero-order chi connectivity index (χ0) is 13.0. The Morgan fingerprint density at radius 1 is 1.44 bits per heavy atom. The maximum absolute atomic E-state index is 9.46. The minimum Gasteiger partial charge on any atom is -0.309 e. The lowest BCUT2D eigenvalue weighted by Crippen LogP contribution is -2.48. The monoisotopic (exact) mass is 243 g/mol. The van der Waals surface area contributed by atoms with Gasteiger partial charge in [-0.15, -0.1) is 0 Å². The predicted molar refractivity (Wildman–Crippen MR) is 72.8 cm³/mol. The summed E-state index contributed by atoms with van der Waals surface area (Å²) in [5.41, 5.74) is 6.33. The van der Waals surface area contributed by atoms with Gasteiger partial charge in [-0.1, -0.05) is 37.3 Å². The van der Waals surface area contributed by atoms with E-state index >= 15 is 0 Å². The molecule has 1 aliphatic rings. The number of likely N-dealkylation sites (tertiary alicyclic amines) is 1. The fraction of sp³-hybridized carbons (Fsp3) is 0.533. The molecule has 18 heavy (non-hydrogen) atoms. The molecule has 3 nitrogen and oxygen atoms in total. The van der Waals surface area contributed by atoms with Crippen LogP contribution in [0.2, 0.25) is 0 Å². The summed E-state index contributed by atoms with van der Waals surface area (Å²) in [5.74, 6) is 0. The van der Waals surface area contributed by atoms with Gasteiger partial charge in [-0.3, -0.25) is 4.90 Å². The van der Waals surface area contributed by atoms with Crippen molar-refractivity contribution in [3.8, 4) is 6.07 Å². The average Bonchev–Trinajstić information content (AvgIpc) is 2.86. The molecule has 0 radical (unpaired) electrons. The molecule has 0 saturated carbocycles. The van der Waals surface area contributed by atoms with Crippen LogP contribution in [0.4, 0.5) is 0 Å². The van der Waals surface area contributed by atoms with E-state index in [9.17, 15) is 5.26 Å². The van der Waals surface area contributed by atoms with Crippen LogP contribution in [0.3, 0.4) is 0 Å². The molecule has 2 atom stereocenters. The molecule has 0 amide bonds. The number of nitrogens with zero attached hydrogens (tertiary/aromatic N) is 2. The first-order valence-electron chi connectivity index (χ1n) is 6.69. The molecule has 1 saturated heterocycles. The zero-order valence-electron chi connectivity index (χ0n) is 11.0. The summed E-state index contributed by atoms with van der Waals surface area (Å²) in [5, 5.41) is 9.46. The zero-order valence-corrected chi connectivity index (χ0v) is 11.0. The van der Waals surface area contributed by atoms with E-state index in [1.165, 1.54) is 12.8 Å². The summed E-state index contributed by atoms with van der Waals surface area (Å²) < 4.78 is 0. The Hall–Kier alpha value is -1.37. The van der Waals surface area contributed by atoms with Crippen molar-refractivity contribution in [1.29, 1.82) is 5.26 Å². The fourth-order valence-corrected chi connectivity index (χ4v) is 2.81. The minimum absolute atomic E-state index is 0.588. The molecule has 2 unspecified atom stereocenters. The number of nitrogens with two attached hydrogens (primary N) is 1. The van der Waals surface area contributed by atoms with Crippen LogP contribution in [0.5, 0.6) is 0 Å².